The maximum absolute atomic E-state index is 13.5. The van der Waals surface area contributed by atoms with Crippen LogP contribution in [0.15, 0.2) is 36.7 Å². The van der Waals surface area contributed by atoms with Crippen LogP contribution in [0.5, 0.6) is 0 Å². The van der Waals surface area contributed by atoms with Crippen molar-refractivity contribution in [1.29, 1.82) is 0 Å². The van der Waals surface area contributed by atoms with Gasteiger partial charge in [-0.25, -0.2) is 4.98 Å². The van der Waals surface area contributed by atoms with Crippen molar-refractivity contribution in [3.8, 4) is 0 Å². The molecule has 3 unspecified atom stereocenters. The molecule has 1 amide bonds. The van der Waals surface area contributed by atoms with Crippen LogP contribution in [0.4, 0.5) is 0 Å². The molecule has 0 bridgehead atoms. The van der Waals surface area contributed by atoms with E-state index >= 15 is 0 Å². The molecule has 2 aliphatic carbocycles. The van der Waals surface area contributed by atoms with E-state index in [1.807, 2.05) is 23.4 Å². The summed E-state index contributed by atoms with van der Waals surface area (Å²) in [5.74, 6) is 2.11. The third kappa shape index (κ3) is 5.42. The zero-order valence-electron chi connectivity index (χ0n) is 23.7. The molecule has 39 heavy (non-hydrogen) atoms. The zero-order valence-corrected chi connectivity index (χ0v) is 23.7. The molecule has 1 saturated heterocycles. The lowest BCUT2D eigenvalue weighted by Gasteiger charge is -2.32. The maximum atomic E-state index is 13.5. The number of rotatable bonds is 7. The molecule has 7 heteroatoms. The molecule has 1 saturated carbocycles. The van der Waals surface area contributed by atoms with E-state index in [-0.39, 0.29) is 7.33 Å². The minimum absolute atomic E-state index is 0. The first-order valence-electron chi connectivity index (χ1n) is 14.5. The molecule has 1 aliphatic heterocycles. The molecule has 0 spiro atoms. The highest BCUT2D eigenvalue weighted by Gasteiger charge is 2.42. The number of aromatic nitrogens is 4. The summed E-state index contributed by atoms with van der Waals surface area (Å²) in [5.41, 5.74) is 8.08. The number of H-pyrrole nitrogens is 1. The Morgan fingerprint density at radius 2 is 2.03 bits per heavy atom. The van der Waals surface area contributed by atoms with Gasteiger partial charge in [0.2, 0.25) is 0 Å². The van der Waals surface area contributed by atoms with Crippen molar-refractivity contribution in [3.05, 3.63) is 82.0 Å². The number of hydrogen-bond acceptors (Lipinski definition) is 5. The van der Waals surface area contributed by atoms with E-state index in [1.54, 1.807) is 0 Å². The second-order valence-electron chi connectivity index (χ2n) is 12.0. The number of likely N-dealkylation sites (tertiary alicyclic amines) is 1. The second kappa shape index (κ2) is 10.7. The van der Waals surface area contributed by atoms with Crippen molar-refractivity contribution in [2.75, 3.05) is 13.1 Å². The van der Waals surface area contributed by atoms with Crippen LogP contribution in [-0.4, -0.2) is 54.8 Å². The summed E-state index contributed by atoms with van der Waals surface area (Å²) in [5, 5.41) is 0. The van der Waals surface area contributed by atoms with Gasteiger partial charge in [-0.05, 0) is 80.2 Å². The molecular weight excluding hydrogens is 484 g/mol. The summed E-state index contributed by atoms with van der Waals surface area (Å²) in [6.45, 7) is 11.8. The van der Waals surface area contributed by atoms with Gasteiger partial charge in [0.05, 0.1) is 17.1 Å². The highest BCUT2D eigenvalue weighted by Crippen LogP contribution is 2.51. The number of aryl methyl sites for hydroxylation is 2. The number of fused-ring (bicyclic) bond motifs is 3. The van der Waals surface area contributed by atoms with Crippen LogP contribution in [0.3, 0.4) is 0 Å². The highest BCUT2D eigenvalue weighted by atomic mass is 16.2. The summed E-state index contributed by atoms with van der Waals surface area (Å²) in [6.07, 6.45) is 12.3. The van der Waals surface area contributed by atoms with Crippen molar-refractivity contribution >= 4 is 12.0 Å². The third-order valence-corrected chi connectivity index (χ3v) is 8.75. The van der Waals surface area contributed by atoms with Gasteiger partial charge >= 0.3 is 0 Å². The number of aromatic amines is 1. The van der Waals surface area contributed by atoms with E-state index in [1.165, 1.54) is 23.1 Å². The molecule has 4 heterocycles. The SMILES string of the molecule is Cc1cnc(CN(Cc2ncccc2C(C)C)C2CCCN(C(=O)c3nc4c([nH]3)C3CC3C=C4)CC2)c(C)c1.[HH]. The smallest absolute Gasteiger partial charge is 0.289 e. The molecule has 3 aromatic heterocycles. The summed E-state index contributed by atoms with van der Waals surface area (Å²) in [7, 11) is 0. The van der Waals surface area contributed by atoms with Gasteiger partial charge in [-0.1, -0.05) is 32.1 Å². The first kappa shape index (κ1) is 25.9. The lowest BCUT2D eigenvalue weighted by molar-refractivity contribution is 0.0743. The van der Waals surface area contributed by atoms with Crippen molar-refractivity contribution in [2.45, 2.75) is 84.3 Å². The standard InChI is InChI=1S/C32H40N6O.H2/c1-20(2)25-8-5-12-33-29(25)19-38(18-28-22(4)15-21(3)17-34-28)24-7-6-13-37(14-11-24)32(39)31-35-27-10-9-23-16-26(23)30(27)36-31;/h5,8-10,12,15,17,20,23-24,26H,6-7,11,13-14,16,18-19H2,1-4H3,(H,35,36);1H. The Bertz CT molecular complexity index is 1400. The molecule has 0 radical (unpaired) electrons. The van der Waals surface area contributed by atoms with E-state index in [2.05, 4.69) is 66.8 Å². The third-order valence-electron chi connectivity index (χ3n) is 8.75. The maximum Gasteiger partial charge on any atom is 0.289 e. The number of imidazole rings is 1. The van der Waals surface area contributed by atoms with Crippen molar-refractivity contribution in [2.24, 2.45) is 5.92 Å². The van der Waals surface area contributed by atoms with Gasteiger partial charge < -0.3 is 9.88 Å². The van der Waals surface area contributed by atoms with E-state index < -0.39 is 0 Å². The summed E-state index contributed by atoms with van der Waals surface area (Å²) >= 11 is 0. The normalized spacial score (nSPS) is 22.1. The fourth-order valence-electron chi connectivity index (χ4n) is 6.40. The highest BCUT2D eigenvalue weighted by molar-refractivity contribution is 5.91. The van der Waals surface area contributed by atoms with Crippen LogP contribution in [0.2, 0.25) is 0 Å². The molecule has 2 fully saturated rings. The Morgan fingerprint density at radius 1 is 1.18 bits per heavy atom. The lowest BCUT2D eigenvalue weighted by Crippen LogP contribution is -2.37. The summed E-state index contributed by atoms with van der Waals surface area (Å²) in [6, 6.07) is 6.80. The average molecular weight is 527 g/mol. The number of carbonyl (C=O) groups is 1. The van der Waals surface area contributed by atoms with Gasteiger partial charge in [-0.3, -0.25) is 19.7 Å². The van der Waals surface area contributed by atoms with E-state index in [4.69, 9.17) is 9.97 Å². The van der Waals surface area contributed by atoms with E-state index in [9.17, 15) is 4.79 Å². The fourth-order valence-corrected chi connectivity index (χ4v) is 6.40. The predicted molar refractivity (Wildman–Crippen MR) is 155 cm³/mol. The molecule has 6 rings (SSSR count). The Morgan fingerprint density at radius 3 is 2.85 bits per heavy atom. The van der Waals surface area contributed by atoms with Gasteiger partial charge in [0.1, 0.15) is 0 Å². The molecular formula is C32H42N6O. The van der Waals surface area contributed by atoms with Crippen LogP contribution in [0.1, 0.15) is 103 Å². The van der Waals surface area contributed by atoms with Gasteiger partial charge in [-0.15, -0.1) is 0 Å². The monoisotopic (exact) mass is 526 g/mol. The molecule has 3 atom stereocenters. The van der Waals surface area contributed by atoms with Gasteiger partial charge in [0, 0.05) is 57.7 Å². The Balaban J connectivity index is 0.00000323. The van der Waals surface area contributed by atoms with Crippen molar-refractivity contribution < 1.29 is 6.22 Å². The number of allylic oxidation sites excluding steroid dienone is 1. The average Bonchev–Trinajstić information content (AvgIpc) is 3.65. The van der Waals surface area contributed by atoms with E-state index in [0.29, 0.717) is 29.6 Å². The molecule has 1 N–H and O–H groups in total. The Kier molecular flexibility index (Phi) is 7.10. The van der Waals surface area contributed by atoms with Crippen molar-refractivity contribution in [3.63, 3.8) is 0 Å². The number of nitrogens with zero attached hydrogens (tertiary/aromatic N) is 5. The predicted octanol–water partition coefficient (Wildman–Crippen LogP) is 6.01. The van der Waals surface area contributed by atoms with Gasteiger partial charge in [0.15, 0.2) is 5.82 Å². The van der Waals surface area contributed by atoms with Crippen LogP contribution in [-0.2, 0) is 13.1 Å². The molecule has 206 valence electrons. The number of pyridine rings is 2. The number of hydrogen-bond donors (Lipinski definition) is 1. The number of amides is 1. The Labute approximate surface area is 233 Å². The number of nitrogens with one attached hydrogen (secondary N) is 1. The summed E-state index contributed by atoms with van der Waals surface area (Å²) < 4.78 is 0. The second-order valence-corrected chi connectivity index (χ2v) is 12.0. The number of carbonyl (C=O) groups excluding carboxylic acids is 1. The minimum atomic E-state index is 0. The largest absolute Gasteiger partial charge is 0.337 e. The first-order valence-corrected chi connectivity index (χ1v) is 14.5. The quantitative estimate of drug-likeness (QED) is 0.408. The summed E-state index contributed by atoms with van der Waals surface area (Å²) in [4.78, 5) is 35.8. The zero-order chi connectivity index (χ0) is 27.1. The van der Waals surface area contributed by atoms with Crippen LogP contribution in [0, 0.1) is 19.8 Å². The van der Waals surface area contributed by atoms with Gasteiger partial charge in [-0.2, -0.15) is 0 Å². The molecule has 7 nitrogen and oxygen atoms in total. The van der Waals surface area contributed by atoms with Crippen molar-refractivity contribution in [1.82, 2.24) is 29.7 Å². The minimum Gasteiger partial charge on any atom is -0.337 e. The van der Waals surface area contributed by atoms with Gasteiger partial charge in [0.25, 0.3) is 5.91 Å². The molecule has 3 aliphatic rings. The molecule has 0 aromatic carbocycles. The lowest BCUT2D eigenvalue weighted by atomic mass is 9.99. The van der Waals surface area contributed by atoms with Crippen LogP contribution >= 0.6 is 0 Å². The van der Waals surface area contributed by atoms with Crippen LogP contribution < -0.4 is 0 Å². The first-order chi connectivity index (χ1) is 18.9. The fraction of sp³-hybridized carbons (Fsp3) is 0.500. The van der Waals surface area contributed by atoms with E-state index in [0.717, 1.165) is 68.2 Å². The van der Waals surface area contributed by atoms with Crippen LogP contribution in [0.25, 0.3) is 6.08 Å². The molecule has 3 aromatic rings. The Hall–Kier alpha value is -3.32. The topological polar surface area (TPSA) is 78.0 Å².